The molecule has 0 amide bonds. The van der Waals surface area contributed by atoms with Crippen molar-refractivity contribution < 1.29 is 80.2 Å². The largest absolute Gasteiger partial charge is 0.472 e. The van der Waals surface area contributed by atoms with Gasteiger partial charge in [-0.05, 0) is 31.6 Å². The molecule has 0 saturated carbocycles. The molecule has 0 aliphatic carbocycles. The summed E-state index contributed by atoms with van der Waals surface area (Å²) in [6.45, 7) is 7.12. The molecule has 510 valence electrons. The van der Waals surface area contributed by atoms with Crippen LogP contribution in [0.1, 0.15) is 343 Å². The molecule has 0 aliphatic heterocycles. The van der Waals surface area contributed by atoms with Gasteiger partial charge in [0.05, 0.1) is 26.4 Å². The lowest BCUT2D eigenvalue weighted by atomic mass is 10.0. The van der Waals surface area contributed by atoms with Crippen LogP contribution in [-0.2, 0) is 65.4 Å². The molecule has 0 aromatic rings. The number of ether oxygens (including phenoxy) is 4. The summed E-state index contributed by atoms with van der Waals surface area (Å²) in [4.78, 5) is 72.0. The van der Waals surface area contributed by atoms with Crippen molar-refractivity contribution in [3.63, 3.8) is 0 Å². The molecule has 0 aromatic heterocycles. The van der Waals surface area contributed by atoms with Gasteiger partial charge >= 0.3 is 39.5 Å². The molecule has 0 heterocycles. The Labute approximate surface area is 524 Å². The number of rotatable bonds is 67. The van der Waals surface area contributed by atoms with Crippen LogP contribution in [-0.4, -0.2) is 96.7 Å². The van der Waals surface area contributed by atoms with Gasteiger partial charge in [-0.2, -0.15) is 0 Å². The highest BCUT2D eigenvalue weighted by molar-refractivity contribution is 7.47. The van der Waals surface area contributed by atoms with E-state index in [1.165, 1.54) is 154 Å². The van der Waals surface area contributed by atoms with Gasteiger partial charge in [0.15, 0.2) is 12.2 Å². The number of hydrogen-bond acceptors (Lipinski definition) is 15. The number of phosphoric ester groups is 2. The fourth-order valence-electron chi connectivity index (χ4n) is 10.1. The lowest BCUT2D eigenvalue weighted by Gasteiger charge is -2.21. The van der Waals surface area contributed by atoms with Crippen molar-refractivity contribution in [2.45, 2.75) is 361 Å². The van der Waals surface area contributed by atoms with Crippen LogP contribution in [0.3, 0.4) is 0 Å². The van der Waals surface area contributed by atoms with Crippen LogP contribution in [0, 0.1) is 5.92 Å². The summed E-state index contributed by atoms with van der Waals surface area (Å²) >= 11 is 0. The molecule has 5 atom stereocenters. The molecule has 17 nitrogen and oxygen atoms in total. The van der Waals surface area contributed by atoms with E-state index in [9.17, 15) is 43.2 Å². The second-order valence-electron chi connectivity index (χ2n) is 24.7. The summed E-state index contributed by atoms with van der Waals surface area (Å²) < 4.78 is 67.9. The zero-order valence-corrected chi connectivity index (χ0v) is 57.2. The van der Waals surface area contributed by atoms with E-state index in [1.54, 1.807) is 0 Å². The molecule has 0 saturated heterocycles. The zero-order valence-electron chi connectivity index (χ0n) is 55.4. The van der Waals surface area contributed by atoms with Gasteiger partial charge in [-0.3, -0.25) is 37.3 Å². The van der Waals surface area contributed by atoms with Crippen molar-refractivity contribution in [2.75, 3.05) is 39.6 Å². The van der Waals surface area contributed by atoms with Crippen molar-refractivity contribution in [2.24, 2.45) is 5.92 Å². The molecule has 86 heavy (non-hydrogen) atoms. The Bertz CT molecular complexity index is 1670. The van der Waals surface area contributed by atoms with Crippen molar-refractivity contribution in [1.82, 2.24) is 0 Å². The fourth-order valence-corrected chi connectivity index (χ4v) is 11.7. The number of carbonyl (C=O) groups excluding carboxylic acids is 4. The molecule has 3 N–H and O–H groups in total. The van der Waals surface area contributed by atoms with Gasteiger partial charge in [0.1, 0.15) is 19.3 Å². The maximum atomic E-state index is 13.0. The van der Waals surface area contributed by atoms with E-state index in [0.29, 0.717) is 25.7 Å². The second kappa shape index (κ2) is 60.6. The lowest BCUT2D eigenvalue weighted by molar-refractivity contribution is -0.161. The molecule has 0 fully saturated rings. The third-order valence-electron chi connectivity index (χ3n) is 15.5. The monoisotopic (exact) mass is 1270 g/mol. The average molecular weight is 1270 g/mol. The molecule has 19 heteroatoms. The standard InChI is InChI=1S/C67H130O17P2/c1-6-9-12-15-17-19-20-21-22-23-24-25-26-31-34-38-43-48-53-67(72)84-63(57-78-65(70)51-46-41-37-33-30-28-27-29-32-35-40-44-49-60(4)5)59-82-86(75,76)80-55-61(68)54-79-85(73,74)81-58-62(56-77-64(69)50-45-39-14-11-8-3)83-66(71)52-47-42-36-18-16-13-10-7-2/h60-63,68H,6-59H2,1-5H3,(H,73,74)(H,75,76)/t61-,62+,63+/m0/s1. The van der Waals surface area contributed by atoms with Crippen molar-refractivity contribution in [3.05, 3.63) is 0 Å². The van der Waals surface area contributed by atoms with Gasteiger partial charge in [-0.25, -0.2) is 9.13 Å². The highest BCUT2D eigenvalue weighted by Gasteiger charge is 2.30. The molecular formula is C67H130O17P2. The molecule has 0 radical (unpaired) electrons. The van der Waals surface area contributed by atoms with Crippen LogP contribution >= 0.6 is 15.6 Å². The van der Waals surface area contributed by atoms with E-state index < -0.39 is 97.5 Å². The van der Waals surface area contributed by atoms with E-state index in [1.807, 2.05) is 0 Å². The van der Waals surface area contributed by atoms with Gasteiger partial charge in [-0.1, -0.05) is 291 Å². The first-order chi connectivity index (χ1) is 41.5. The van der Waals surface area contributed by atoms with E-state index in [0.717, 1.165) is 109 Å². The number of hydrogen-bond donors (Lipinski definition) is 3. The minimum atomic E-state index is -4.95. The molecule has 0 bridgehead atoms. The van der Waals surface area contributed by atoms with Crippen molar-refractivity contribution in [3.8, 4) is 0 Å². The third kappa shape index (κ3) is 60.9. The van der Waals surface area contributed by atoms with Gasteiger partial charge in [0.2, 0.25) is 0 Å². The van der Waals surface area contributed by atoms with Gasteiger partial charge in [0, 0.05) is 25.7 Å². The smallest absolute Gasteiger partial charge is 0.462 e. The van der Waals surface area contributed by atoms with Crippen LogP contribution in [0.2, 0.25) is 0 Å². The topological polar surface area (TPSA) is 237 Å². The first kappa shape index (κ1) is 84.1. The Hall–Kier alpha value is -1.94. The van der Waals surface area contributed by atoms with Crippen LogP contribution in [0.15, 0.2) is 0 Å². The first-order valence-electron chi connectivity index (χ1n) is 35.1. The quantitative estimate of drug-likeness (QED) is 0.0222. The summed E-state index contributed by atoms with van der Waals surface area (Å²) in [5, 5.41) is 10.5. The number of carbonyl (C=O) groups is 4. The third-order valence-corrected chi connectivity index (χ3v) is 17.4. The Morgan fingerprint density at radius 1 is 0.314 bits per heavy atom. The van der Waals surface area contributed by atoms with Crippen LogP contribution in [0.25, 0.3) is 0 Å². The molecule has 0 spiro atoms. The predicted molar refractivity (Wildman–Crippen MR) is 345 cm³/mol. The number of unbranched alkanes of at least 4 members (excludes halogenated alkanes) is 39. The summed E-state index contributed by atoms with van der Waals surface area (Å²) in [6, 6.07) is 0. The highest BCUT2D eigenvalue weighted by atomic mass is 31.2. The molecule has 0 aliphatic rings. The van der Waals surface area contributed by atoms with Gasteiger partial charge in [-0.15, -0.1) is 0 Å². The fraction of sp³-hybridized carbons (Fsp3) is 0.940. The maximum Gasteiger partial charge on any atom is 0.472 e. The number of aliphatic hydroxyl groups is 1. The van der Waals surface area contributed by atoms with E-state index >= 15 is 0 Å². The zero-order chi connectivity index (χ0) is 63.5. The number of aliphatic hydroxyl groups excluding tert-OH is 1. The normalized spacial score (nSPS) is 14.2. The van der Waals surface area contributed by atoms with Crippen molar-refractivity contribution in [1.29, 1.82) is 0 Å². The van der Waals surface area contributed by atoms with Crippen LogP contribution in [0.5, 0.6) is 0 Å². The summed E-state index contributed by atoms with van der Waals surface area (Å²) in [6.07, 6.45) is 46.3. The minimum Gasteiger partial charge on any atom is -0.462 e. The average Bonchev–Trinajstić information content (AvgIpc) is 3.57. The Morgan fingerprint density at radius 2 is 0.535 bits per heavy atom. The highest BCUT2D eigenvalue weighted by Crippen LogP contribution is 2.45. The second-order valence-corrected chi connectivity index (χ2v) is 27.6. The molecular weight excluding hydrogens is 1140 g/mol. The predicted octanol–water partition coefficient (Wildman–Crippen LogP) is 19.0. The van der Waals surface area contributed by atoms with E-state index in [2.05, 4.69) is 34.6 Å². The Morgan fingerprint density at radius 3 is 0.791 bits per heavy atom. The first-order valence-corrected chi connectivity index (χ1v) is 38.1. The molecule has 0 rings (SSSR count). The minimum absolute atomic E-state index is 0.104. The SMILES string of the molecule is CCCCCCCCCCCCCCCCCCCCC(=O)O[C@H](COC(=O)CCCCCCCCCCCCCCC(C)C)COP(=O)(O)OC[C@@H](O)COP(=O)(O)OC[C@@H](COC(=O)CCCCCCC)OC(=O)CCCCCCCCCC. The van der Waals surface area contributed by atoms with Crippen LogP contribution < -0.4 is 0 Å². The van der Waals surface area contributed by atoms with Crippen molar-refractivity contribution >= 4 is 39.5 Å². The Kier molecular flexibility index (Phi) is 59.2. The lowest BCUT2D eigenvalue weighted by Crippen LogP contribution is -2.30. The van der Waals surface area contributed by atoms with Gasteiger partial charge in [0.25, 0.3) is 0 Å². The van der Waals surface area contributed by atoms with E-state index in [4.69, 9.17) is 37.0 Å². The summed E-state index contributed by atoms with van der Waals surface area (Å²) in [7, 11) is -9.88. The Balaban J connectivity index is 5.13. The van der Waals surface area contributed by atoms with Gasteiger partial charge < -0.3 is 33.8 Å². The number of phosphoric acid groups is 2. The summed E-state index contributed by atoms with van der Waals surface area (Å²) in [5.74, 6) is -1.36. The summed E-state index contributed by atoms with van der Waals surface area (Å²) in [5.41, 5.74) is 0. The van der Waals surface area contributed by atoms with E-state index in [-0.39, 0.29) is 25.7 Å². The molecule has 2 unspecified atom stereocenters. The molecule has 0 aromatic carbocycles. The van der Waals surface area contributed by atoms with Crippen LogP contribution in [0.4, 0.5) is 0 Å². The number of esters is 4. The maximum absolute atomic E-state index is 13.0.